The van der Waals surface area contributed by atoms with E-state index in [4.69, 9.17) is 28.8 Å². The third kappa shape index (κ3) is 8.67. The quantitative estimate of drug-likeness (QED) is 0.0518. The molecule has 2 aliphatic rings. The summed E-state index contributed by atoms with van der Waals surface area (Å²) in [7, 11) is 0. The van der Waals surface area contributed by atoms with E-state index in [1.165, 1.54) is 6.07 Å². The molecule has 1 amide bonds. The van der Waals surface area contributed by atoms with Crippen molar-refractivity contribution in [2.45, 2.75) is 26.7 Å². The Balaban J connectivity index is 0.833. The van der Waals surface area contributed by atoms with Gasteiger partial charge in [0.1, 0.15) is 40.8 Å². The molecule has 9 rings (SSSR count). The molecule has 0 fully saturated rings. The van der Waals surface area contributed by atoms with Gasteiger partial charge in [0, 0.05) is 66.3 Å². The van der Waals surface area contributed by atoms with E-state index in [1.807, 2.05) is 72.8 Å². The molecule has 316 valence electrons. The number of nitrogens with one attached hydrogen (secondary N) is 1. The van der Waals surface area contributed by atoms with Crippen LogP contribution >= 0.6 is 0 Å². The van der Waals surface area contributed by atoms with Gasteiger partial charge in [-0.15, -0.1) is 0 Å². The Hall–Kier alpha value is -7.93. The van der Waals surface area contributed by atoms with E-state index in [0.717, 1.165) is 35.5 Å². The molecule has 13 nitrogen and oxygen atoms in total. The highest BCUT2D eigenvalue weighted by Crippen LogP contribution is 2.34. The summed E-state index contributed by atoms with van der Waals surface area (Å²) in [5.74, 6) is 1.26. The van der Waals surface area contributed by atoms with Gasteiger partial charge in [-0.1, -0.05) is 42.5 Å². The minimum atomic E-state index is -0.332. The molecule has 0 bridgehead atoms. The van der Waals surface area contributed by atoms with Gasteiger partial charge in [-0.05, 0) is 91.7 Å². The molecule has 3 N–H and O–H groups in total. The average Bonchev–Trinajstić information content (AvgIpc) is 3.62. The summed E-state index contributed by atoms with van der Waals surface area (Å²) < 4.78 is 19.7. The summed E-state index contributed by atoms with van der Waals surface area (Å²) in [6, 6.07) is 36.7. The number of anilines is 1. The van der Waals surface area contributed by atoms with Crippen molar-refractivity contribution in [1.82, 2.24) is 24.7 Å². The normalized spacial score (nSPS) is 11.4. The zero-order chi connectivity index (χ0) is 43.5. The number of hydrogen-bond donors (Lipinski definition) is 3. The fraction of sp³-hybridized carbons (Fsp3) is 0.180. The van der Waals surface area contributed by atoms with Gasteiger partial charge < -0.3 is 34.3 Å². The molecule has 0 saturated heterocycles. The number of phenols is 1. The Morgan fingerprint density at radius 1 is 0.762 bits per heavy atom. The maximum atomic E-state index is 13.1. The Morgan fingerprint density at radius 2 is 1.51 bits per heavy atom. The highest BCUT2D eigenvalue weighted by Gasteiger charge is 2.20. The van der Waals surface area contributed by atoms with Crippen molar-refractivity contribution < 1.29 is 28.9 Å². The molecule has 0 unspecified atom stereocenters. The molecular weight excluding hydrogens is 797 g/mol. The maximum Gasteiger partial charge on any atom is 0.258 e. The number of aromatic hydroxyl groups is 2. The number of rotatable bonds is 15. The van der Waals surface area contributed by atoms with E-state index in [-0.39, 0.29) is 42.7 Å². The molecule has 0 spiro atoms. The largest absolute Gasteiger partial charge is 0.508 e. The fourth-order valence-electron chi connectivity index (χ4n) is 7.71. The summed E-state index contributed by atoms with van der Waals surface area (Å²) >= 11 is 0. The van der Waals surface area contributed by atoms with Gasteiger partial charge >= 0.3 is 0 Å². The van der Waals surface area contributed by atoms with Crippen molar-refractivity contribution in [3.63, 3.8) is 0 Å². The van der Waals surface area contributed by atoms with Crippen molar-refractivity contribution in [3.05, 3.63) is 160 Å². The van der Waals surface area contributed by atoms with Gasteiger partial charge in [0.2, 0.25) is 5.88 Å². The smallest absolute Gasteiger partial charge is 0.258 e. The SMILES string of the molecule is CCN(CC)c1ccc2nc3c4cc(OCC(=O)NCCOc5ccc(-c6cn7c(O)c(Cc8ccc(O)cc8)nc7c(Cc7ccccc7)n6)cc5)ccc4c(=O)cc-3oc2c1. The third-order valence-corrected chi connectivity index (χ3v) is 11.0. The molecule has 7 aromatic rings. The Kier molecular flexibility index (Phi) is 11.3. The van der Waals surface area contributed by atoms with Crippen molar-refractivity contribution in [3.8, 4) is 45.8 Å². The number of fused-ring (bicyclic) bond motifs is 5. The maximum absolute atomic E-state index is 13.1. The van der Waals surface area contributed by atoms with Crippen LogP contribution in [0, 0.1) is 0 Å². The van der Waals surface area contributed by atoms with Gasteiger partial charge in [-0.25, -0.2) is 15.0 Å². The second kappa shape index (κ2) is 17.6. The minimum Gasteiger partial charge on any atom is -0.508 e. The molecular formula is C50H44N6O7. The molecule has 3 heterocycles. The number of benzene rings is 6. The number of aromatic nitrogens is 4. The van der Waals surface area contributed by atoms with Gasteiger partial charge in [0.05, 0.1) is 17.9 Å². The first-order valence-corrected chi connectivity index (χ1v) is 20.8. The highest BCUT2D eigenvalue weighted by atomic mass is 16.5. The zero-order valence-electron chi connectivity index (χ0n) is 34.7. The van der Waals surface area contributed by atoms with Crippen LogP contribution < -0.4 is 25.1 Å². The number of carbonyl (C=O) groups is 1. The van der Waals surface area contributed by atoms with Crippen LogP contribution in [-0.2, 0) is 17.6 Å². The van der Waals surface area contributed by atoms with E-state index >= 15 is 0 Å². The van der Waals surface area contributed by atoms with Crippen LogP contribution in [0.5, 0.6) is 23.1 Å². The zero-order valence-corrected chi connectivity index (χ0v) is 34.7. The number of amides is 1. The predicted octanol–water partition coefficient (Wildman–Crippen LogP) is 8.17. The molecule has 2 aromatic heterocycles. The first kappa shape index (κ1) is 40.5. The fourth-order valence-corrected chi connectivity index (χ4v) is 7.71. The third-order valence-electron chi connectivity index (χ3n) is 11.0. The molecule has 63 heavy (non-hydrogen) atoms. The van der Waals surface area contributed by atoms with Gasteiger partial charge in [-0.2, -0.15) is 0 Å². The van der Waals surface area contributed by atoms with Crippen molar-refractivity contribution in [2.75, 3.05) is 37.7 Å². The van der Waals surface area contributed by atoms with Gasteiger partial charge in [0.15, 0.2) is 29.0 Å². The molecule has 0 atom stereocenters. The molecule has 0 radical (unpaired) electrons. The lowest BCUT2D eigenvalue weighted by Crippen LogP contribution is -2.32. The summed E-state index contributed by atoms with van der Waals surface area (Å²) in [6.45, 7) is 6.12. The van der Waals surface area contributed by atoms with Gasteiger partial charge in [0.25, 0.3) is 5.91 Å². The molecule has 13 heteroatoms. The van der Waals surface area contributed by atoms with E-state index in [2.05, 4.69) is 24.1 Å². The first-order valence-electron chi connectivity index (χ1n) is 20.8. The molecule has 0 saturated carbocycles. The standard InChI is InChI=1S/C50H44N6O7/c1-3-55(4-2)34-14-21-40-45(26-34)63-46-28-44(58)38-20-19-37(27-39(38)48(46)53-40)62-30-47(59)51-22-23-61-36-17-12-33(13-18-36)43-29-56-49(41(52-43)24-31-8-6-5-7-9-31)54-42(50(56)60)25-32-10-15-35(57)16-11-32/h5-21,26-29,57,60H,3-4,22-25,30H2,1-2H3,(H,51,59). The van der Waals surface area contributed by atoms with Crippen LogP contribution in [0.4, 0.5) is 5.69 Å². The first-order chi connectivity index (χ1) is 30.7. The molecule has 1 aliphatic carbocycles. The van der Waals surface area contributed by atoms with Crippen LogP contribution in [0.2, 0.25) is 0 Å². The number of ether oxygens (including phenoxy) is 2. The number of hydrogen-bond acceptors (Lipinski definition) is 11. The van der Waals surface area contributed by atoms with Crippen LogP contribution in [0.3, 0.4) is 0 Å². The van der Waals surface area contributed by atoms with Crippen LogP contribution in [-0.4, -0.2) is 68.3 Å². The van der Waals surface area contributed by atoms with E-state index < -0.39 is 0 Å². The van der Waals surface area contributed by atoms with Gasteiger partial charge in [-0.3, -0.25) is 14.0 Å². The number of nitrogens with zero attached hydrogens (tertiary/aromatic N) is 5. The molecule has 5 aromatic carbocycles. The van der Waals surface area contributed by atoms with Crippen LogP contribution in [0.1, 0.15) is 36.4 Å². The summed E-state index contributed by atoms with van der Waals surface area (Å²) in [6.07, 6.45) is 2.67. The topological polar surface area (TPSA) is 165 Å². The minimum absolute atomic E-state index is 0.0270. The number of phenolic OH excluding ortho intramolecular Hbond substituents is 1. The predicted molar refractivity (Wildman–Crippen MR) is 242 cm³/mol. The van der Waals surface area contributed by atoms with Crippen molar-refractivity contribution >= 4 is 39.1 Å². The van der Waals surface area contributed by atoms with Crippen molar-refractivity contribution in [2.24, 2.45) is 0 Å². The second-order valence-corrected chi connectivity index (χ2v) is 15.1. The van der Waals surface area contributed by atoms with Crippen molar-refractivity contribution in [1.29, 1.82) is 0 Å². The summed E-state index contributed by atoms with van der Waals surface area (Å²) in [5, 5.41) is 25.0. The summed E-state index contributed by atoms with van der Waals surface area (Å²) in [5.41, 5.74) is 7.81. The Labute approximate surface area is 362 Å². The average molecular weight is 841 g/mol. The lowest BCUT2D eigenvalue weighted by atomic mass is 10.0. The monoisotopic (exact) mass is 840 g/mol. The lowest BCUT2D eigenvalue weighted by Gasteiger charge is -2.21. The second-order valence-electron chi connectivity index (χ2n) is 15.1. The van der Waals surface area contributed by atoms with E-state index in [1.54, 1.807) is 53.1 Å². The Morgan fingerprint density at radius 3 is 2.29 bits per heavy atom. The molecule has 1 aliphatic heterocycles. The van der Waals surface area contributed by atoms with Crippen LogP contribution in [0.25, 0.3) is 50.2 Å². The number of carbonyl (C=O) groups excluding carboxylic acids is 1. The summed E-state index contributed by atoms with van der Waals surface area (Å²) in [4.78, 5) is 42.7. The van der Waals surface area contributed by atoms with E-state index in [9.17, 15) is 19.8 Å². The number of imidazole rings is 1. The van der Waals surface area contributed by atoms with E-state index in [0.29, 0.717) is 80.4 Å². The Bertz CT molecular complexity index is 3110. The highest BCUT2D eigenvalue weighted by molar-refractivity contribution is 5.97. The van der Waals surface area contributed by atoms with Crippen LogP contribution in [0.15, 0.2) is 137 Å². The lowest BCUT2D eigenvalue weighted by molar-refractivity contribution is -0.123.